The number of aliphatic hydroxyl groups excluding tert-OH is 2. The second kappa shape index (κ2) is 14.8. The van der Waals surface area contributed by atoms with Crippen molar-refractivity contribution in [2.75, 3.05) is 32.2 Å². The largest absolute Gasteiger partial charge is 0.505 e. The van der Waals surface area contributed by atoms with Crippen molar-refractivity contribution in [3.63, 3.8) is 0 Å². The highest BCUT2D eigenvalue weighted by atomic mass is 32.2. The molecule has 0 fully saturated rings. The van der Waals surface area contributed by atoms with Crippen LogP contribution in [0.2, 0.25) is 0 Å². The normalized spacial score (nSPS) is 12.2. The molecule has 9 N–H and O–H groups in total. The third-order valence-electron chi connectivity index (χ3n) is 6.42. The molecule has 20 nitrogen and oxygen atoms in total. The summed E-state index contributed by atoms with van der Waals surface area (Å²) < 4.78 is 78.4. The maximum atomic E-state index is 12.3. The Balaban J connectivity index is 1.90. The Morgan fingerprint density at radius 1 is 0.680 bits per heavy atom. The molecule has 0 bridgehead atoms. The van der Waals surface area contributed by atoms with Gasteiger partial charge in [-0.1, -0.05) is 0 Å². The number of carboxylic acids is 2. The number of carboxylic acid groups (broad SMARTS) is 2. The molecule has 50 heavy (non-hydrogen) atoms. The highest BCUT2D eigenvalue weighted by molar-refractivity contribution is 7.86. The van der Waals surface area contributed by atoms with E-state index in [4.69, 9.17) is 15.2 Å². The third-order valence-corrected chi connectivity index (χ3v) is 8.19. The lowest BCUT2D eigenvalue weighted by atomic mass is 10.1. The van der Waals surface area contributed by atoms with E-state index in [9.17, 15) is 61.1 Å². The molecular weight excluding hydrogens is 710 g/mol. The molecule has 4 aromatic carbocycles. The first-order valence-corrected chi connectivity index (χ1v) is 16.5. The van der Waals surface area contributed by atoms with Crippen LogP contribution >= 0.6 is 0 Å². The number of ether oxygens (including phenoxy) is 2. The summed E-state index contributed by atoms with van der Waals surface area (Å²) in [6.07, 6.45) is 0. The number of carbonyl (C=O) groups is 2. The Labute approximate surface area is 280 Å². The number of aliphatic hydroxyl groups is 2. The fourth-order valence-corrected chi connectivity index (χ4v) is 5.57. The summed E-state index contributed by atoms with van der Waals surface area (Å²) in [7, 11) is -10.1. The average molecular weight is 736 g/mol. The van der Waals surface area contributed by atoms with Crippen molar-refractivity contribution >= 4 is 71.4 Å². The standard InChI is InChI=1S/C28H25N5O15S2/c29-18-10-17-13(8-23(18)49(41,42)43)9-24(50(44,45)46)25(26(17)36)33-32-20-12-21(47-3-1-34)19(11-22(20)48-4-2-35)31-30-16-6-14(27(37)38)5-15(7-16)28(39)40/h5-12,34-36H,1-4,29H2,(H,37,38)(H,39,40)(H,41,42,43)(H,44,45,46). The summed E-state index contributed by atoms with van der Waals surface area (Å²) in [5, 5.41) is 63.4. The van der Waals surface area contributed by atoms with Crippen LogP contribution in [0.25, 0.3) is 10.8 Å². The van der Waals surface area contributed by atoms with Crippen LogP contribution in [0.15, 0.2) is 78.8 Å². The van der Waals surface area contributed by atoms with E-state index >= 15 is 0 Å². The van der Waals surface area contributed by atoms with Gasteiger partial charge in [0, 0.05) is 17.5 Å². The lowest BCUT2D eigenvalue weighted by Gasteiger charge is -2.13. The zero-order chi connectivity index (χ0) is 37.0. The van der Waals surface area contributed by atoms with E-state index in [0.29, 0.717) is 0 Å². The van der Waals surface area contributed by atoms with Gasteiger partial charge in [-0.2, -0.15) is 21.9 Å². The molecule has 4 aromatic rings. The van der Waals surface area contributed by atoms with Crippen molar-refractivity contribution < 1.29 is 70.5 Å². The Kier molecular flexibility index (Phi) is 10.9. The zero-order valence-corrected chi connectivity index (χ0v) is 26.7. The smallest absolute Gasteiger partial charge is 0.335 e. The Morgan fingerprint density at radius 2 is 1.16 bits per heavy atom. The van der Waals surface area contributed by atoms with Gasteiger partial charge in [0.2, 0.25) is 0 Å². The Morgan fingerprint density at radius 3 is 1.62 bits per heavy atom. The Bertz CT molecular complexity index is 2260. The fourth-order valence-electron chi connectivity index (χ4n) is 4.28. The fraction of sp³-hybridized carbons (Fsp3) is 0.143. The molecule has 0 saturated carbocycles. The molecular formula is C28H25N5O15S2. The van der Waals surface area contributed by atoms with Crippen molar-refractivity contribution in [2.24, 2.45) is 20.5 Å². The van der Waals surface area contributed by atoms with Crippen LogP contribution in [0, 0.1) is 0 Å². The average Bonchev–Trinajstić information content (AvgIpc) is 3.04. The number of aromatic carboxylic acids is 2. The van der Waals surface area contributed by atoms with Crippen molar-refractivity contribution in [3.05, 3.63) is 59.7 Å². The SMILES string of the molecule is Nc1cc2c(O)c(N=Nc3cc(OCCO)c(N=Nc4cc(C(=O)O)cc(C(=O)O)c4)cc3OCCO)c(S(=O)(=O)O)cc2cc1S(=O)(=O)O. The van der Waals surface area contributed by atoms with Gasteiger partial charge in [0.1, 0.15) is 51.6 Å². The quantitative estimate of drug-likeness (QED) is 0.0521. The molecule has 0 saturated heterocycles. The number of anilines is 1. The van der Waals surface area contributed by atoms with Gasteiger partial charge in [-0.25, -0.2) is 9.59 Å². The monoisotopic (exact) mass is 735 g/mol. The van der Waals surface area contributed by atoms with E-state index in [0.717, 1.165) is 48.5 Å². The topological polar surface area (TPSA) is 338 Å². The van der Waals surface area contributed by atoms with Crippen molar-refractivity contribution in [3.8, 4) is 17.2 Å². The highest BCUT2D eigenvalue weighted by Crippen LogP contribution is 2.45. The van der Waals surface area contributed by atoms with E-state index < -0.39 is 83.4 Å². The first kappa shape index (κ1) is 37.0. The van der Waals surface area contributed by atoms with Gasteiger partial charge in [-0.3, -0.25) is 9.11 Å². The second-order valence-corrected chi connectivity index (χ2v) is 12.6. The van der Waals surface area contributed by atoms with Gasteiger partial charge in [0.15, 0.2) is 5.75 Å². The summed E-state index contributed by atoms with van der Waals surface area (Å²) in [6, 6.07) is 7.64. The highest BCUT2D eigenvalue weighted by Gasteiger charge is 2.25. The predicted molar refractivity (Wildman–Crippen MR) is 170 cm³/mol. The number of nitrogens with zero attached hydrogens (tertiary/aromatic N) is 4. The lowest BCUT2D eigenvalue weighted by molar-refractivity contribution is 0.0696. The number of hydrogen-bond acceptors (Lipinski definition) is 16. The van der Waals surface area contributed by atoms with E-state index in [1.54, 1.807) is 0 Å². The van der Waals surface area contributed by atoms with Crippen molar-refractivity contribution in [1.82, 2.24) is 0 Å². The molecule has 0 heterocycles. The van der Waals surface area contributed by atoms with Gasteiger partial charge in [-0.15, -0.1) is 15.3 Å². The molecule has 0 aliphatic carbocycles. The number of phenolic OH excluding ortho intramolecular Hbond substituents is 1. The molecule has 0 unspecified atom stereocenters. The van der Waals surface area contributed by atoms with E-state index in [-0.39, 0.29) is 52.5 Å². The number of azo groups is 2. The summed E-state index contributed by atoms with van der Waals surface area (Å²) in [5.41, 5.74) is 2.92. The lowest BCUT2D eigenvalue weighted by Crippen LogP contribution is -2.04. The summed E-state index contributed by atoms with van der Waals surface area (Å²) in [6.45, 7) is -1.67. The van der Waals surface area contributed by atoms with Crippen molar-refractivity contribution in [2.45, 2.75) is 9.79 Å². The summed E-state index contributed by atoms with van der Waals surface area (Å²) in [4.78, 5) is 21.1. The molecule has 0 atom stereocenters. The van der Waals surface area contributed by atoms with Crippen molar-refractivity contribution in [1.29, 1.82) is 0 Å². The zero-order valence-electron chi connectivity index (χ0n) is 25.0. The summed E-state index contributed by atoms with van der Waals surface area (Å²) >= 11 is 0. The number of hydrogen-bond donors (Lipinski definition) is 8. The molecule has 0 aliphatic heterocycles. The van der Waals surface area contributed by atoms with Gasteiger partial charge in [0.25, 0.3) is 20.2 Å². The van der Waals surface area contributed by atoms with Gasteiger partial charge >= 0.3 is 11.9 Å². The number of nitrogens with two attached hydrogens (primary N) is 1. The van der Waals surface area contributed by atoms with Gasteiger partial charge < -0.3 is 40.7 Å². The van der Waals surface area contributed by atoms with Crippen LogP contribution in [0.4, 0.5) is 28.4 Å². The molecule has 0 aliphatic rings. The second-order valence-electron chi connectivity index (χ2n) is 9.84. The van der Waals surface area contributed by atoms with E-state index in [1.165, 1.54) is 0 Å². The number of fused-ring (bicyclic) bond motifs is 1. The van der Waals surface area contributed by atoms with Gasteiger partial charge in [0.05, 0.1) is 35.7 Å². The molecule has 0 radical (unpaired) electrons. The minimum atomic E-state index is -5.19. The first-order chi connectivity index (χ1) is 23.4. The third kappa shape index (κ3) is 8.43. The van der Waals surface area contributed by atoms with Crippen LogP contribution < -0.4 is 15.2 Å². The first-order valence-electron chi connectivity index (χ1n) is 13.6. The number of rotatable bonds is 14. The summed E-state index contributed by atoms with van der Waals surface area (Å²) in [5.74, 6) is -4.20. The van der Waals surface area contributed by atoms with Crippen LogP contribution in [0.5, 0.6) is 17.2 Å². The molecule has 0 amide bonds. The number of aromatic hydroxyl groups is 1. The Hall–Kier alpha value is -5.78. The van der Waals surface area contributed by atoms with Gasteiger partial charge in [-0.05, 0) is 41.8 Å². The maximum Gasteiger partial charge on any atom is 0.335 e. The minimum absolute atomic E-state index is 0.153. The van der Waals surface area contributed by atoms with E-state index in [1.807, 2.05) is 0 Å². The minimum Gasteiger partial charge on any atom is -0.505 e. The molecule has 4 rings (SSSR count). The maximum absolute atomic E-state index is 12.3. The number of nitrogen functional groups attached to an aromatic ring is 1. The molecule has 0 spiro atoms. The van der Waals surface area contributed by atoms with Crippen LogP contribution in [-0.4, -0.2) is 89.8 Å². The number of benzene rings is 4. The van der Waals surface area contributed by atoms with Crippen LogP contribution in [-0.2, 0) is 20.2 Å². The van der Waals surface area contributed by atoms with E-state index in [2.05, 4.69) is 20.5 Å². The predicted octanol–water partition coefficient (Wildman–Crippen LogP) is 3.59. The van der Waals surface area contributed by atoms with Crippen LogP contribution in [0.3, 0.4) is 0 Å². The van der Waals surface area contributed by atoms with Crippen LogP contribution in [0.1, 0.15) is 20.7 Å². The molecule has 0 aromatic heterocycles. The molecule has 22 heteroatoms. The molecule has 264 valence electrons. The number of phenols is 1.